The van der Waals surface area contributed by atoms with E-state index in [0.29, 0.717) is 10.9 Å². The third kappa shape index (κ3) is 1.29. The first-order valence-electron chi connectivity index (χ1n) is 3.99. The topological polar surface area (TPSA) is 39.1 Å². The van der Waals surface area contributed by atoms with Gasteiger partial charge >= 0.3 is 10.2 Å². The maximum absolute atomic E-state index is 12.8. The highest BCUT2D eigenvalue weighted by molar-refractivity contribution is 7.86. The van der Waals surface area contributed by atoms with Gasteiger partial charge in [0.2, 0.25) is 0 Å². The molecule has 0 saturated carbocycles. The van der Waals surface area contributed by atoms with Crippen molar-refractivity contribution >= 4 is 21.1 Å². The van der Waals surface area contributed by atoms with Crippen LogP contribution in [-0.4, -0.2) is 13.0 Å². The summed E-state index contributed by atoms with van der Waals surface area (Å²) in [7, 11) is -3.11. The van der Waals surface area contributed by atoms with Crippen molar-refractivity contribution in [3.63, 3.8) is 0 Å². The molecule has 0 amide bonds. The summed E-state index contributed by atoms with van der Waals surface area (Å²) < 4.78 is 35.6. The summed E-state index contributed by atoms with van der Waals surface area (Å²) in [4.78, 5) is 0. The second kappa shape index (κ2) is 2.81. The van der Waals surface area contributed by atoms with Crippen molar-refractivity contribution in [2.75, 3.05) is 0 Å². The molecule has 1 aromatic heterocycles. The largest absolute Gasteiger partial charge is 0.347 e. The highest BCUT2D eigenvalue weighted by Crippen LogP contribution is 2.22. The summed E-state index contributed by atoms with van der Waals surface area (Å²) >= 11 is 0. The van der Waals surface area contributed by atoms with Crippen LogP contribution in [0.2, 0.25) is 0 Å². The van der Waals surface area contributed by atoms with E-state index in [4.69, 9.17) is 0 Å². The number of hydrogen-bond acceptors (Lipinski definition) is 2. The molecule has 0 bridgehead atoms. The number of rotatable bonds is 1. The smallest absolute Gasteiger partial charge is 0.333 e. The average Bonchev–Trinajstić information content (AvgIpc) is 2.44. The molecule has 0 saturated heterocycles. The summed E-state index contributed by atoms with van der Waals surface area (Å²) in [6.07, 6.45) is 0. The normalized spacial score (nSPS) is 12.1. The van der Waals surface area contributed by atoms with Gasteiger partial charge in [-0.15, -0.1) is 0 Å². The van der Waals surface area contributed by atoms with E-state index in [1.54, 1.807) is 24.3 Å². The number of benzene rings is 1. The van der Waals surface area contributed by atoms with Gasteiger partial charge in [-0.1, -0.05) is 22.1 Å². The van der Waals surface area contributed by atoms with Crippen molar-refractivity contribution in [2.45, 2.75) is 5.03 Å². The first-order valence-corrected chi connectivity index (χ1v) is 5.37. The van der Waals surface area contributed by atoms with Crippen LogP contribution in [0.3, 0.4) is 0 Å². The van der Waals surface area contributed by atoms with E-state index in [1.807, 2.05) is 0 Å². The van der Waals surface area contributed by atoms with Crippen molar-refractivity contribution in [1.29, 1.82) is 0 Å². The van der Waals surface area contributed by atoms with E-state index in [-0.39, 0.29) is 5.03 Å². The van der Waals surface area contributed by atoms with Crippen LogP contribution in [0.4, 0.5) is 3.89 Å². The molecule has 0 aliphatic carbocycles. The molecule has 0 radical (unpaired) electrons. The van der Waals surface area contributed by atoms with Crippen LogP contribution in [0.1, 0.15) is 0 Å². The van der Waals surface area contributed by atoms with Gasteiger partial charge in [0.15, 0.2) is 5.03 Å². The maximum Gasteiger partial charge on any atom is 0.347 e. The molecule has 2 rings (SSSR count). The number of halogens is 1. The molecule has 0 aliphatic heterocycles. The lowest BCUT2D eigenvalue weighted by Crippen LogP contribution is -1.99. The molecule has 3 nitrogen and oxygen atoms in total. The van der Waals surface area contributed by atoms with Crippen LogP contribution >= 0.6 is 0 Å². The fraction of sp³-hybridized carbons (Fsp3) is 0.111. The summed E-state index contributed by atoms with van der Waals surface area (Å²) in [6, 6.07) is 8.35. The van der Waals surface area contributed by atoms with E-state index in [0.717, 1.165) is 0 Å². The van der Waals surface area contributed by atoms with Crippen LogP contribution in [0.5, 0.6) is 0 Å². The Morgan fingerprint density at radius 1 is 1.29 bits per heavy atom. The Kier molecular flexibility index (Phi) is 1.85. The third-order valence-corrected chi connectivity index (χ3v) is 3.05. The number of fused-ring (bicyclic) bond motifs is 1. The summed E-state index contributed by atoms with van der Waals surface area (Å²) in [5, 5.41) is 0.407. The van der Waals surface area contributed by atoms with Gasteiger partial charge in [-0.05, 0) is 12.1 Å². The molecule has 14 heavy (non-hydrogen) atoms. The van der Waals surface area contributed by atoms with Crippen molar-refractivity contribution in [2.24, 2.45) is 7.05 Å². The van der Waals surface area contributed by atoms with Crippen molar-refractivity contribution in [3.05, 3.63) is 30.3 Å². The Morgan fingerprint density at radius 3 is 2.50 bits per heavy atom. The van der Waals surface area contributed by atoms with Crippen LogP contribution < -0.4 is 0 Å². The van der Waals surface area contributed by atoms with Crippen molar-refractivity contribution < 1.29 is 12.3 Å². The lowest BCUT2D eigenvalue weighted by molar-refractivity contribution is 0.542. The quantitative estimate of drug-likeness (QED) is 0.678. The molecule has 1 aromatic carbocycles. The predicted molar refractivity (Wildman–Crippen MR) is 51.2 cm³/mol. The Hall–Kier alpha value is -1.36. The molecule has 0 spiro atoms. The van der Waals surface area contributed by atoms with Crippen LogP contribution in [0.15, 0.2) is 35.4 Å². The Morgan fingerprint density at radius 2 is 1.93 bits per heavy atom. The average molecular weight is 213 g/mol. The second-order valence-corrected chi connectivity index (χ2v) is 4.33. The Balaban J connectivity index is 2.89. The predicted octanol–water partition coefficient (Wildman–Crippen LogP) is 1.84. The zero-order valence-electron chi connectivity index (χ0n) is 7.44. The van der Waals surface area contributed by atoms with Gasteiger partial charge in [0.1, 0.15) is 0 Å². The first kappa shape index (κ1) is 9.21. The van der Waals surface area contributed by atoms with Gasteiger partial charge in [0.25, 0.3) is 0 Å². The Bertz CT molecular complexity index is 586. The summed E-state index contributed by atoms with van der Waals surface area (Å²) in [5.74, 6) is 0. The maximum atomic E-state index is 12.8. The van der Waals surface area contributed by atoms with Crippen LogP contribution in [-0.2, 0) is 17.3 Å². The molecule has 0 atom stereocenters. The van der Waals surface area contributed by atoms with E-state index < -0.39 is 10.2 Å². The van der Waals surface area contributed by atoms with Gasteiger partial charge in [0, 0.05) is 18.0 Å². The lowest BCUT2D eigenvalue weighted by atomic mass is 10.2. The standard InChI is InChI=1S/C9H8FNO2S/c1-11-8-5-3-2-4-7(8)6-9(11)14(10,12)13/h2-6H,1H3. The van der Waals surface area contributed by atoms with Crippen molar-refractivity contribution in [3.8, 4) is 0 Å². The lowest BCUT2D eigenvalue weighted by Gasteiger charge is -1.98. The summed E-state index contributed by atoms with van der Waals surface area (Å²) in [6.45, 7) is 0. The number of aryl methyl sites for hydroxylation is 1. The highest BCUT2D eigenvalue weighted by Gasteiger charge is 2.17. The molecule has 0 aliphatic rings. The molecule has 74 valence electrons. The number of nitrogens with zero attached hydrogens (tertiary/aromatic N) is 1. The molecular formula is C9H8FNO2S. The van der Waals surface area contributed by atoms with E-state index in [2.05, 4.69) is 0 Å². The van der Waals surface area contributed by atoms with Crippen molar-refractivity contribution in [1.82, 2.24) is 4.57 Å². The Labute approximate surface area is 81.0 Å². The molecule has 5 heteroatoms. The van der Waals surface area contributed by atoms with Gasteiger partial charge in [-0.25, -0.2) is 0 Å². The fourth-order valence-electron chi connectivity index (χ4n) is 1.50. The molecule has 0 N–H and O–H groups in total. The zero-order chi connectivity index (χ0) is 10.3. The SMILES string of the molecule is Cn1c(S(=O)(=O)F)cc2ccccc21. The van der Waals surface area contributed by atoms with Gasteiger partial charge in [-0.2, -0.15) is 8.42 Å². The minimum absolute atomic E-state index is 0.307. The van der Waals surface area contributed by atoms with Crippen LogP contribution in [0.25, 0.3) is 10.9 Å². The third-order valence-electron chi connectivity index (χ3n) is 2.16. The zero-order valence-corrected chi connectivity index (χ0v) is 8.25. The van der Waals surface area contributed by atoms with E-state index in [9.17, 15) is 12.3 Å². The molecule has 0 unspecified atom stereocenters. The second-order valence-electron chi connectivity index (χ2n) is 3.04. The van der Waals surface area contributed by atoms with Crippen LogP contribution in [0, 0.1) is 0 Å². The molecule has 1 heterocycles. The summed E-state index contributed by atoms with van der Waals surface area (Å²) in [5.41, 5.74) is 0.698. The minimum atomic E-state index is -4.63. The first-order chi connectivity index (χ1) is 6.50. The molecular weight excluding hydrogens is 205 g/mol. The number of para-hydroxylation sites is 1. The molecule has 2 aromatic rings. The highest BCUT2D eigenvalue weighted by atomic mass is 32.3. The fourth-order valence-corrected chi connectivity index (χ4v) is 2.19. The van der Waals surface area contributed by atoms with E-state index in [1.165, 1.54) is 17.7 Å². The van der Waals surface area contributed by atoms with Gasteiger partial charge in [0.05, 0.1) is 0 Å². The molecule has 0 fully saturated rings. The number of aromatic nitrogens is 1. The van der Waals surface area contributed by atoms with Gasteiger partial charge in [-0.3, -0.25) is 0 Å². The van der Waals surface area contributed by atoms with E-state index >= 15 is 0 Å². The number of hydrogen-bond donors (Lipinski definition) is 0. The minimum Gasteiger partial charge on any atom is -0.333 e. The monoisotopic (exact) mass is 213 g/mol. The van der Waals surface area contributed by atoms with Gasteiger partial charge < -0.3 is 4.57 Å².